The zero-order chi connectivity index (χ0) is 22.0. The maximum Gasteiger partial charge on any atom is 0.278 e. The average molecular weight is 439 g/mol. The SMILES string of the molecule is COc1ccc(NC2=C(c3ccc(Cl)cc3)C(=O)N(Cc3ccco3)C2=O)c(OC)c1. The van der Waals surface area contributed by atoms with Crippen molar-refractivity contribution in [2.75, 3.05) is 19.5 Å². The Morgan fingerprint density at radius 1 is 1.00 bits per heavy atom. The minimum Gasteiger partial charge on any atom is -0.497 e. The van der Waals surface area contributed by atoms with Crippen LogP contribution in [0.25, 0.3) is 5.57 Å². The van der Waals surface area contributed by atoms with Gasteiger partial charge in [-0.2, -0.15) is 0 Å². The second-order valence-electron chi connectivity index (χ2n) is 6.72. The summed E-state index contributed by atoms with van der Waals surface area (Å²) >= 11 is 6.01. The molecule has 1 aliphatic rings. The molecule has 0 radical (unpaired) electrons. The van der Waals surface area contributed by atoms with Crippen LogP contribution in [-0.4, -0.2) is 30.9 Å². The number of halogens is 1. The Hall–Kier alpha value is -3.71. The Labute approximate surface area is 183 Å². The molecule has 8 heteroatoms. The maximum absolute atomic E-state index is 13.3. The molecule has 0 bridgehead atoms. The van der Waals surface area contributed by atoms with Crippen LogP contribution < -0.4 is 14.8 Å². The number of anilines is 1. The van der Waals surface area contributed by atoms with Gasteiger partial charge in [0.15, 0.2) is 0 Å². The predicted octanol–water partition coefficient (Wildman–Crippen LogP) is 4.34. The molecule has 0 spiro atoms. The van der Waals surface area contributed by atoms with Gasteiger partial charge in [0, 0.05) is 11.1 Å². The van der Waals surface area contributed by atoms with E-state index in [2.05, 4.69) is 5.32 Å². The van der Waals surface area contributed by atoms with Crippen molar-refractivity contribution in [1.29, 1.82) is 0 Å². The number of rotatable bonds is 7. The normalized spacial score (nSPS) is 13.7. The van der Waals surface area contributed by atoms with Crippen molar-refractivity contribution in [3.63, 3.8) is 0 Å². The number of hydrogen-bond donors (Lipinski definition) is 1. The van der Waals surface area contributed by atoms with Gasteiger partial charge in [0.05, 0.1) is 38.3 Å². The molecule has 0 aliphatic carbocycles. The fourth-order valence-corrected chi connectivity index (χ4v) is 3.44. The lowest BCUT2D eigenvalue weighted by Crippen LogP contribution is -2.31. The fourth-order valence-electron chi connectivity index (χ4n) is 3.31. The van der Waals surface area contributed by atoms with Gasteiger partial charge in [-0.1, -0.05) is 23.7 Å². The van der Waals surface area contributed by atoms with E-state index in [1.54, 1.807) is 61.7 Å². The van der Waals surface area contributed by atoms with Crippen molar-refractivity contribution in [3.05, 3.63) is 82.9 Å². The van der Waals surface area contributed by atoms with Gasteiger partial charge < -0.3 is 19.2 Å². The van der Waals surface area contributed by atoms with E-state index < -0.39 is 11.8 Å². The van der Waals surface area contributed by atoms with E-state index in [0.29, 0.717) is 33.5 Å². The number of imide groups is 1. The van der Waals surface area contributed by atoms with Crippen LogP contribution in [0.3, 0.4) is 0 Å². The van der Waals surface area contributed by atoms with E-state index in [1.165, 1.54) is 13.4 Å². The summed E-state index contributed by atoms with van der Waals surface area (Å²) in [5, 5.41) is 3.62. The quantitative estimate of drug-likeness (QED) is 0.552. The molecule has 2 heterocycles. The van der Waals surface area contributed by atoms with E-state index in [4.69, 9.17) is 25.5 Å². The molecule has 0 saturated heterocycles. The third-order valence-corrected chi connectivity index (χ3v) is 5.12. The summed E-state index contributed by atoms with van der Waals surface area (Å²) in [7, 11) is 3.06. The van der Waals surface area contributed by atoms with E-state index in [1.807, 2.05) is 0 Å². The molecule has 7 nitrogen and oxygen atoms in total. The van der Waals surface area contributed by atoms with Gasteiger partial charge in [0.2, 0.25) is 0 Å². The van der Waals surface area contributed by atoms with E-state index in [-0.39, 0.29) is 17.8 Å². The van der Waals surface area contributed by atoms with Crippen LogP contribution in [0.1, 0.15) is 11.3 Å². The minimum atomic E-state index is -0.468. The molecular formula is C23H19ClN2O5. The lowest BCUT2D eigenvalue weighted by Gasteiger charge is -2.15. The molecule has 0 fully saturated rings. The minimum absolute atomic E-state index is 0.0205. The largest absolute Gasteiger partial charge is 0.497 e. The summed E-state index contributed by atoms with van der Waals surface area (Å²) in [4.78, 5) is 27.7. The van der Waals surface area contributed by atoms with Gasteiger partial charge in [-0.05, 0) is 42.0 Å². The van der Waals surface area contributed by atoms with Crippen LogP contribution in [0.5, 0.6) is 11.5 Å². The Morgan fingerprint density at radius 3 is 2.42 bits per heavy atom. The molecule has 158 valence electrons. The molecule has 1 aliphatic heterocycles. The lowest BCUT2D eigenvalue weighted by atomic mass is 10.0. The molecule has 4 rings (SSSR count). The summed E-state index contributed by atoms with van der Waals surface area (Å²) in [5.41, 5.74) is 1.47. The van der Waals surface area contributed by atoms with Crippen LogP contribution in [0.4, 0.5) is 5.69 Å². The zero-order valence-corrected chi connectivity index (χ0v) is 17.6. The van der Waals surface area contributed by atoms with Crippen molar-refractivity contribution in [2.45, 2.75) is 6.54 Å². The second kappa shape index (κ2) is 8.57. The summed E-state index contributed by atoms with van der Waals surface area (Å²) < 4.78 is 16.0. The Bertz CT molecular complexity index is 1150. The molecule has 0 saturated carbocycles. The van der Waals surface area contributed by atoms with Crippen molar-refractivity contribution < 1.29 is 23.5 Å². The molecule has 2 aromatic carbocycles. The molecule has 0 atom stereocenters. The number of ether oxygens (including phenoxy) is 2. The van der Waals surface area contributed by atoms with Gasteiger partial charge in [-0.25, -0.2) is 0 Å². The molecule has 31 heavy (non-hydrogen) atoms. The smallest absolute Gasteiger partial charge is 0.278 e. The number of carbonyl (C=O) groups is 2. The highest BCUT2D eigenvalue weighted by Crippen LogP contribution is 2.35. The second-order valence-corrected chi connectivity index (χ2v) is 7.16. The Balaban J connectivity index is 1.77. The summed E-state index contributed by atoms with van der Waals surface area (Å²) in [6.07, 6.45) is 1.50. The number of benzene rings is 2. The van der Waals surface area contributed by atoms with Crippen LogP contribution in [0.2, 0.25) is 5.02 Å². The Kier molecular flexibility index (Phi) is 5.68. The summed E-state index contributed by atoms with van der Waals surface area (Å²) in [6, 6.07) is 15.3. The van der Waals surface area contributed by atoms with Gasteiger partial charge in [-0.15, -0.1) is 0 Å². The first kappa shape index (κ1) is 20.6. The standard InChI is InChI=1S/C23H19ClN2O5/c1-29-16-9-10-18(19(12-16)30-2)25-21-20(14-5-7-15(24)8-6-14)22(27)26(23(21)28)13-17-4-3-11-31-17/h3-12,25H,13H2,1-2H3. The van der Waals surface area contributed by atoms with E-state index >= 15 is 0 Å². The highest BCUT2D eigenvalue weighted by Gasteiger charge is 2.40. The van der Waals surface area contributed by atoms with Crippen molar-refractivity contribution in [1.82, 2.24) is 4.90 Å². The highest BCUT2D eigenvalue weighted by atomic mass is 35.5. The third-order valence-electron chi connectivity index (χ3n) is 4.86. The van der Waals surface area contributed by atoms with Crippen LogP contribution in [0.15, 0.2) is 71.0 Å². The number of amides is 2. The number of nitrogens with one attached hydrogen (secondary N) is 1. The van der Waals surface area contributed by atoms with Gasteiger partial charge in [0.1, 0.15) is 23.0 Å². The fraction of sp³-hybridized carbons (Fsp3) is 0.130. The topological polar surface area (TPSA) is 81.0 Å². The van der Waals surface area contributed by atoms with Gasteiger partial charge in [0.25, 0.3) is 11.8 Å². The first-order chi connectivity index (χ1) is 15.0. The third kappa shape index (κ3) is 4.00. The lowest BCUT2D eigenvalue weighted by molar-refractivity contribution is -0.137. The highest BCUT2D eigenvalue weighted by molar-refractivity contribution is 6.36. The van der Waals surface area contributed by atoms with E-state index in [0.717, 1.165) is 4.90 Å². The molecular weight excluding hydrogens is 420 g/mol. The molecule has 0 unspecified atom stereocenters. The number of nitrogens with zero attached hydrogens (tertiary/aromatic N) is 1. The first-order valence-electron chi connectivity index (χ1n) is 9.39. The average Bonchev–Trinajstić information content (AvgIpc) is 3.38. The number of hydrogen-bond acceptors (Lipinski definition) is 6. The molecule has 3 aromatic rings. The maximum atomic E-state index is 13.3. The summed E-state index contributed by atoms with van der Waals surface area (Å²) in [6.45, 7) is 0.0205. The van der Waals surface area contributed by atoms with E-state index in [9.17, 15) is 9.59 Å². The predicted molar refractivity (Wildman–Crippen MR) is 116 cm³/mol. The monoisotopic (exact) mass is 438 g/mol. The van der Waals surface area contributed by atoms with Crippen LogP contribution in [0, 0.1) is 0 Å². The van der Waals surface area contributed by atoms with Crippen LogP contribution >= 0.6 is 11.6 Å². The number of methoxy groups -OCH3 is 2. The van der Waals surface area contributed by atoms with Gasteiger partial charge >= 0.3 is 0 Å². The van der Waals surface area contributed by atoms with Crippen molar-refractivity contribution in [2.24, 2.45) is 0 Å². The molecule has 2 amide bonds. The zero-order valence-electron chi connectivity index (χ0n) is 16.8. The molecule has 1 aromatic heterocycles. The number of carbonyl (C=O) groups excluding carboxylic acids is 2. The first-order valence-corrected chi connectivity index (χ1v) is 9.77. The Morgan fingerprint density at radius 2 is 1.77 bits per heavy atom. The van der Waals surface area contributed by atoms with Crippen molar-refractivity contribution in [3.8, 4) is 11.5 Å². The molecule has 1 N–H and O–H groups in total. The van der Waals surface area contributed by atoms with Crippen LogP contribution in [-0.2, 0) is 16.1 Å². The summed E-state index contributed by atoms with van der Waals surface area (Å²) in [5.74, 6) is 0.665. The van der Waals surface area contributed by atoms with Crippen molar-refractivity contribution >= 4 is 34.7 Å². The number of furan rings is 1. The van der Waals surface area contributed by atoms with Gasteiger partial charge in [-0.3, -0.25) is 14.5 Å².